The molecule has 8 heteroatoms. The predicted octanol–water partition coefficient (Wildman–Crippen LogP) is 4.90. The van der Waals surface area contributed by atoms with Crippen LogP contribution in [0.25, 0.3) is 0 Å². The Morgan fingerprint density at radius 2 is 2.00 bits per heavy atom. The van der Waals surface area contributed by atoms with Gasteiger partial charge in [0, 0.05) is 5.38 Å². The molecule has 1 heterocycles. The number of carbonyl (C=O) groups excluding carboxylic acids is 1. The number of benzene rings is 2. The zero-order chi connectivity index (χ0) is 22.9. The Bertz CT molecular complexity index is 1090. The van der Waals surface area contributed by atoms with E-state index in [1.54, 1.807) is 11.6 Å². The second-order valence-electron chi connectivity index (χ2n) is 7.12. The first-order valence-corrected chi connectivity index (χ1v) is 11.1. The molecule has 3 rings (SSSR count). The van der Waals surface area contributed by atoms with E-state index in [0.29, 0.717) is 35.5 Å². The lowest BCUT2D eigenvalue weighted by molar-refractivity contribution is -0.139. The summed E-state index contributed by atoms with van der Waals surface area (Å²) >= 11 is 1.37. The Labute approximate surface area is 192 Å². The van der Waals surface area contributed by atoms with Gasteiger partial charge < -0.3 is 14.2 Å². The Kier molecular flexibility index (Phi) is 8.21. The monoisotopic (exact) mass is 453 g/mol. The number of aryl methyl sites for hydroxylation is 2. The molecule has 0 aliphatic rings. The first kappa shape index (κ1) is 23.3. The third kappa shape index (κ3) is 6.55. The zero-order valence-electron chi connectivity index (χ0n) is 18.7. The first-order chi connectivity index (χ1) is 15.5. The lowest BCUT2D eigenvalue weighted by Crippen LogP contribution is -2.04. The maximum absolute atomic E-state index is 11.3. The fraction of sp³-hybridized carbons (Fsp3) is 0.292. The normalized spacial score (nSPS) is 10.9. The van der Waals surface area contributed by atoms with Gasteiger partial charge in [-0.15, -0.1) is 11.3 Å². The highest BCUT2D eigenvalue weighted by Crippen LogP contribution is 2.29. The molecule has 0 aliphatic heterocycles. The van der Waals surface area contributed by atoms with E-state index in [1.165, 1.54) is 29.6 Å². The van der Waals surface area contributed by atoms with Crippen molar-refractivity contribution in [3.05, 3.63) is 69.7 Å². The number of methoxy groups -OCH3 is 1. The van der Waals surface area contributed by atoms with Gasteiger partial charge in [0.15, 0.2) is 11.5 Å². The fourth-order valence-electron chi connectivity index (χ4n) is 2.93. The lowest BCUT2D eigenvalue weighted by Gasteiger charge is -2.14. The Morgan fingerprint density at radius 1 is 1.16 bits per heavy atom. The van der Waals surface area contributed by atoms with Gasteiger partial charge in [-0.2, -0.15) is 5.10 Å². The van der Waals surface area contributed by atoms with Crippen molar-refractivity contribution in [2.24, 2.45) is 5.10 Å². The molecule has 1 aromatic heterocycles. The van der Waals surface area contributed by atoms with Gasteiger partial charge in [-0.1, -0.05) is 23.8 Å². The van der Waals surface area contributed by atoms with Gasteiger partial charge >= 0.3 is 5.97 Å². The molecule has 0 saturated carbocycles. The van der Waals surface area contributed by atoms with Crippen LogP contribution in [-0.2, 0) is 22.6 Å². The molecule has 2 aromatic carbocycles. The average molecular weight is 454 g/mol. The number of ether oxygens (including phenoxy) is 3. The van der Waals surface area contributed by atoms with Crippen molar-refractivity contribution < 1.29 is 19.0 Å². The fourth-order valence-corrected chi connectivity index (χ4v) is 3.58. The van der Waals surface area contributed by atoms with Gasteiger partial charge in [0.2, 0.25) is 5.13 Å². The van der Waals surface area contributed by atoms with E-state index >= 15 is 0 Å². The van der Waals surface area contributed by atoms with E-state index in [9.17, 15) is 4.79 Å². The summed E-state index contributed by atoms with van der Waals surface area (Å²) in [5.74, 6) is 1.02. The molecule has 0 spiro atoms. The molecule has 0 atom stereocenters. The molecular weight excluding hydrogens is 426 g/mol. The first-order valence-electron chi connectivity index (χ1n) is 10.2. The summed E-state index contributed by atoms with van der Waals surface area (Å²) in [6.07, 6.45) is 1.82. The standard InChI is InChI=1S/C24H27N3O4S/c1-5-30-22-11-18(13-25-27-24-26-20(15-32-24)12-23(28)29-4)8-9-21(22)31-14-19-10-16(2)6-7-17(19)3/h6-11,13,15H,5,12,14H2,1-4H3,(H,26,27)/b25-13-. The number of aromatic nitrogens is 1. The van der Waals surface area contributed by atoms with E-state index in [1.807, 2.05) is 25.1 Å². The van der Waals surface area contributed by atoms with Crippen LogP contribution in [0.3, 0.4) is 0 Å². The predicted molar refractivity (Wildman–Crippen MR) is 127 cm³/mol. The maximum Gasteiger partial charge on any atom is 0.311 e. The lowest BCUT2D eigenvalue weighted by atomic mass is 10.1. The highest BCUT2D eigenvalue weighted by molar-refractivity contribution is 7.13. The van der Waals surface area contributed by atoms with Gasteiger partial charge in [-0.3, -0.25) is 10.2 Å². The molecule has 0 amide bonds. The number of nitrogens with one attached hydrogen (secondary N) is 1. The van der Waals surface area contributed by atoms with Crippen LogP contribution < -0.4 is 14.9 Å². The molecule has 1 N–H and O–H groups in total. The van der Waals surface area contributed by atoms with Gasteiger partial charge in [0.1, 0.15) is 6.61 Å². The summed E-state index contributed by atoms with van der Waals surface area (Å²) in [4.78, 5) is 15.6. The van der Waals surface area contributed by atoms with Crippen LogP contribution in [0, 0.1) is 13.8 Å². The van der Waals surface area contributed by atoms with E-state index in [0.717, 1.165) is 11.1 Å². The SMILES string of the molecule is CCOc1cc(/C=N\Nc2nc(CC(=O)OC)cs2)ccc1OCc1cc(C)ccc1C. The molecule has 7 nitrogen and oxygen atoms in total. The number of thiazole rings is 1. The van der Waals surface area contributed by atoms with Crippen molar-refractivity contribution >= 4 is 28.7 Å². The smallest absolute Gasteiger partial charge is 0.311 e. The highest BCUT2D eigenvalue weighted by Gasteiger charge is 2.09. The zero-order valence-corrected chi connectivity index (χ0v) is 19.5. The Hall–Kier alpha value is -3.39. The van der Waals surface area contributed by atoms with Gasteiger partial charge in [0.25, 0.3) is 0 Å². The van der Waals surface area contributed by atoms with Crippen molar-refractivity contribution in [2.75, 3.05) is 19.1 Å². The van der Waals surface area contributed by atoms with Crippen LogP contribution in [0.2, 0.25) is 0 Å². The van der Waals surface area contributed by atoms with Crippen LogP contribution >= 0.6 is 11.3 Å². The Morgan fingerprint density at radius 3 is 2.78 bits per heavy atom. The summed E-state index contributed by atoms with van der Waals surface area (Å²) in [6, 6.07) is 12.0. The molecule has 0 aliphatic carbocycles. The van der Waals surface area contributed by atoms with Crippen molar-refractivity contribution in [2.45, 2.75) is 33.8 Å². The largest absolute Gasteiger partial charge is 0.490 e. The van der Waals surface area contributed by atoms with Crippen LogP contribution in [0.4, 0.5) is 5.13 Å². The summed E-state index contributed by atoms with van der Waals surface area (Å²) in [5.41, 5.74) is 7.93. The summed E-state index contributed by atoms with van der Waals surface area (Å²) < 4.78 is 16.5. The number of hydrogen-bond donors (Lipinski definition) is 1. The van der Waals surface area contributed by atoms with Gasteiger partial charge in [0.05, 0.1) is 32.0 Å². The molecule has 0 unspecified atom stereocenters. The average Bonchev–Trinajstić information content (AvgIpc) is 3.22. The molecule has 0 fully saturated rings. The van der Waals surface area contributed by atoms with Crippen LogP contribution in [0.15, 0.2) is 46.9 Å². The van der Waals surface area contributed by atoms with E-state index < -0.39 is 0 Å². The van der Waals surface area contributed by atoms with E-state index in [4.69, 9.17) is 9.47 Å². The number of carbonyl (C=O) groups is 1. The highest BCUT2D eigenvalue weighted by atomic mass is 32.1. The summed E-state index contributed by atoms with van der Waals surface area (Å²) in [6.45, 7) is 7.09. The molecule has 0 radical (unpaired) electrons. The molecule has 168 valence electrons. The van der Waals surface area contributed by atoms with E-state index in [-0.39, 0.29) is 12.4 Å². The third-order valence-electron chi connectivity index (χ3n) is 4.63. The van der Waals surface area contributed by atoms with Gasteiger partial charge in [-0.05, 0) is 55.7 Å². The number of anilines is 1. The summed E-state index contributed by atoms with van der Waals surface area (Å²) in [5, 5.41) is 6.62. The Balaban J connectivity index is 1.64. The molecule has 0 saturated heterocycles. The molecule has 3 aromatic rings. The number of hydrazone groups is 1. The second-order valence-corrected chi connectivity index (χ2v) is 7.98. The van der Waals surface area contributed by atoms with Crippen molar-refractivity contribution in [1.29, 1.82) is 0 Å². The summed E-state index contributed by atoms with van der Waals surface area (Å²) in [7, 11) is 1.36. The minimum absolute atomic E-state index is 0.139. The quantitative estimate of drug-likeness (QED) is 0.267. The third-order valence-corrected chi connectivity index (χ3v) is 5.43. The van der Waals surface area contributed by atoms with Gasteiger partial charge in [-0.25, -0.2) is 4.98 Å². The number of rotatable bonds is 10. The minimum atomic E-state index is -0.325. The van der Waals surface area contributed by atoms with Crippen molar-refractivity contribution in [3.8, 4) is 11.5 Å². The van der Waals surface area contributed by atoms with Crippen LogP contribution in [-0.4, -0.2) is 30.9 Å². The van der Waals surface area contributed by atoms with Crippen LogP contribution in [0.1, 0.15) is 34.9 Å². The molecule has 0 bridgehead atoms. The number of nitrogens with zero attached hydrogens (tertiary/aromatic N) is 2. The second kappa shape index (κ2) is 11.3. The molecular formula is C24H27N3O4S. The van der Waals surface area contributed by atoms with Crippen LogP contribution in [0.5, 0.6) is 11.5 Å². The topological polar surface area (TPSA) is 82.0 Å². The number of hydrogen-bond acceptors (Lipinski definition) is 8. The molecule has 32 heavy (non-hydrogen) atoms. The van der Waals surface area contributed by atoms with Crippen molar-refractivity contribution in [1.82, 2.24) is 4.98 Å². The minimum Gasteiger partial charge on any atom is -0.490 e. The number of esters is 1. The maximum atomic E-state index is 11.3. The van der Waals surface area contributed by atoms with Crippen molar-refractivity contribution in [3.63, 3.8) is 0 Å². The van der Waals surface area contributed by atoms with E-state index in [2.05, 4.69) is 52.3 Å².